The van der Waals surface area contributed by atoms with Crippen molar-refractivity contribution in [2.45, 2.75) is 33.2 Å². The molecule has 6 heteroatoms. The van der Waals surface area contributed by atoms with Gasteiger partial charge in [0.25, 0.3) is 0 Å². The maximum Gasteiger partial charge on any atom is 0.326 e. The molecule has 1 rings (SSSR count). The van der Waals surface area contributed by atoms with Crippen LogP contribution in [0.4, 0.5) is 10.5 Å². The number of carboxylic acid groups (broad SMARTS) is 1. The maximum absolute atomic E-state index is 11.8. The number of anilines is 1. The average molecular weight is 299 g/mol. The molecule has 0 aromatic heterocycles. The third kappa shape index (κ3) is 4.42. The molecule has 0 fully saturated rings. The fourth-order valence-electron chi connectivity index (χ4n) is 1.66. The van der Waals surface area contributed by atoms with Gasteiger partial charge in [-0.05, 0) is 30.5 Å². The number of rotatable bonds is 5. The largest absolute Gasteiger partial charge is 0.480 e. The molecule has 2 atom stereocenters. The van der Waals surface area contributed by atoms with Crippen molar-refractivity contribution in [3.8, 4) is 0 Å². The molecule has 0 saturated carbocycles. The summed E-state index contributed by atoms with van der Waals surface area (Å²) in [5.74, 6) is -1.20. The minimum Gasteiger partial charge on any atom is -0.480 e. The van der Waals surface area contributed by atoms with Crippen molar-refractivity contribution in [1.29, 1.82) is 0 Å². The molecule has 0 radical (unpaired) electrons. The van der Waals surface area contributed by atoms with E-state index in [2.05, 4.69) is 10.6 Å². The lowest BCUT2D eigenvalue weighted by Gasteiger charge is -2.20. The Morgan fingerprint density at radius 3 is 2.55 bits per heavy atom. The van der Waals surface area contributed by atoms with Gasteiger partial charge < -0.3 is 15.7 Å². The van der Waals surface area contributed by atoms with Gasteiger partial charge in [-0.25, -0.2) is 9.59 Å². The molecule has 2 amide bonds. The highest BCUT2D eigenvalue weighted by molar-refractivity contribution is 6.31. The number of nitrogens with one attached hydrogen (secondary N) is 2. The standard InChI is InChI=1S/C14H19ClN2O3/c1-4-8(2)12(13(18)19)17-14(20)16-10-6-5-9(3)11(15)7-10/h5-8,12H,4H2,1-3H3,(H,18,19)(H2,16,17,20). The molecule has 3 N–H and O–H groups in total. The van der Waals surface area contributed by atoms with E-state index in [9.17, 15) is 9.59 Å². The van der Waals surface area contributed by atoms with Crippen LogP contribution in [0.1, 0.15) is 25.8 Å². The van der Waals surface area contributed by atoms with Gasteiger partial charge in [-0.2, -0.15) is 0 Å². The SMILES string of the molecule is CCC(C)C(NC(=O)Nc1ccc(C)c(Cl)c1)C(=O)O. The second kappa shape index (κ2) is 7.14. The van der Waals surface area contributed by atoms with Crippen molar-refractivity contribution in [3.63, 3.8) is 0 Å². The third-order valence-corrected chi connectivity index (χ3v) is 3.60. The van der Waals surface area contributed by atoms with Crippen LogP contribution in [0, 0.1) is 12.8 Å². The quantitative estimate of drug-likeness (QED) is 0.780. The Morgan fingerprint density at radius 1 is 1.40 bits per heavy atom. The molecule has 0 aliphatic rings. The summed E-state index contributed by atoms with van der Waals surface area (Å²) in [7, 11) is 0. The van der Waals surface area contributed by atoms with Crippen LogP contribution < -0.4 is 10.6 Å². The van der Waals surface area contributed by atoms with Crippen LogP contribution in [0.25, 0.3) is 0 Å². The lowest BCUT2D eigenvalue weighted by molar-refractivity contribution is -0.140. The minimum absolute atomic E-state index is 0.153. The summed E-state index contributed by atoms with van der Waals surface area (Å²) in [5.41, 5.74) is 1.42. The fraction of sp³-hybridized carbons (Fsp3) is 0.429. The second-order valence-corrected chi connectivity index (χ2v) is 5.17. The molecule has 0 aliphatic heterocycles. The van der Waals surface area contributed by atoms with Crippen molar-refractivity contribution in [1.82, 2.24) is 5.32 Å². The van der Waals surface area contributed by atoms with E-state index in [1.807, 2.05) is 13.8 Å². The fourth-order valence-corrected chi connectivity index (χ4v) is 1.84. The molecule has 0 spiro atoms. The first kappa shape index (κ1) is 16.3. The molecule has 0 bridgehead atoms. The van der Waals surface area contributed by atoms with Gasteiger partial charge in [0, 0.05) is 10.7 Å². The molecule has 0 aliphatic carbocycles. The van der Waals surface area contributed by atoms with Crippen LogP contribution in [-0.2, 0) is 4.79 Å². The second-order valence-electron chi connectivity index (χ2n) is 4.76. The van der Waals surface area contributed by atoms with E-state index in [1.165, 1.54) is 0 Å². The molecule has 0 saturated heterocycles. The van der Waals surface area contributed by atoms with Crippen LogP contribution in [0.2, 0.25) is 5.02 Å². The van der Waals surface area contributed by atoms with Crippen molar-refractivity contribution in [2.24, 2.45) is 5.92 Å². The lowest BCUT2D eigenvalue weighted by atomic mass is 9.99. The Kier molecular flexibility index (Phi) is 5.82. The molecule has 20 heavy (non-hydrogen) atoms. The summed E-state index contributed by atoms with van der Waals surface area (Å²) in [5, 5.41) is 14.7. The van der Waals surface area contributed by atoms with Gasteiger partial charge in [0.15, 0.2) is 0 Å². The predicted molar refractivity (Wildman–Crippen MR) is 79.2 cm³/mol. The number of amides is 2. The molecule has 5 nitrogen and oxygen atoms in total. The molecule has 0 heterocycles. The van der Waals surface area contributed by atoms with E-state index in [-0.39, 0.29) is 5.92 Å². The Labute approximate surface area is 123 Å². The number of benzene rings is 1. The number of aliphatic carboxylic acids is 1. The summed E-state index contributed by atoms with van der Waals surface area (Å²) in [6.07, 6.45) is 0.660. The zero-order valence-electron chi connectivity index (χ0n) is 11.7. The van der Waals surface area contributed by atoms with Gasteiger partial charge in [0.1, 0.15) is 6.04 Å². The van der Waals surface area contributed by atoms with Gasteiger partial charge >= 0.3 is 12.0 Å². The van der Waals surface area contributed by atoms with Gasteiger partial charge in [0.05, 0.1) is 0 Å². The van der Waals surface area contributed by atoms with Crippen LogP contribution in [0.15, 0.2) is 18.2 Å². The normalized spacial score (nSPS) is 13.4. The molecular formula is C14H19ClN2O3. The number of hydrogen-bond acceptors (Lipinski definition) is 2. The Hall–Kier alpha value is -1.75. The zero-order chi connectivity index (χ0) is 15.3. The number of hydrogen-bond donors (Lipinski definition) is 3. The summed E-state index contributed by atoms with van der Waals surface area (Å²) in [6.45, 7) is 5.51. The van der Waals surface area contributed by atoms with E-state index >= 15 is 0 Å². The molecular weight excluding hydrogens is 280 g/mol. The number of halogens is 1. The highest BCUT2D eigenvalue weighted by Crippen LogP contribution is 2.20. The highest BCUT2D eigenvalue weighted by atomic mass is 35.5. The number of urea groups is 1. The van der Waals surface area contributed by atoms with Gasteiger partial charge in [-0.1, -0.05) is 37.9 Å². The smallest absolute Gasteiger partial charge is 0.326 e. The summed E-state index contributed by atoms with van der Waals surface area (Å²) in [4.78, 5) is 22.9. The van der Waals surface area contributed by atoms with Crippen molar-refractivity contribution in [3.05, 3.63) is 28.8 Å². The first-order valence-electron chi connectivity index (χ1n) is 6.41. The lowest BCUT2D eigenvalue weighted by Crippen LogP contribution is -2.46. The summed E-state index contributed by atoms with van der Waals surface area (Å²) >= 11 is 5.96. The Balaban J connectivity index is 2.70. The summed E-state index contributed by atoms with van der Waals surface area (Å²) in [6, 6.07) is 3.63. The molecule has 110 valence electrons. The van der Waals surface area contributed by atoms with Gasteiger partial charge in [-0.3, -0.25) is 0 Å². The van der Waals surface area contributed by atoms with Crippen molar-refractivity contribution < 1.29 is 14.7 Å². The van der Waals surface area contributed by atoms with Crippen molar-refractivity contribution >= 4 is 29.3 Å². The highest BCUT2D eigenvalue weighted by Gasteiger charge is 2.25. The first-order chi connectivity index (χ1) is 9.35. The number of carbonyl (C=O) groups is 2. The zero-order valence-corrected chi connectivity index (χ0v) is 12.5. The number of carboxylic acids is 1. The van der Waals surface area contributed by atoms with E-state index in [0.717, 1.165) is 5.56 Å². The Bertz CT molecular complexity index is 505. The Morgan fingerprint density at radius 2 is 2.05 bits per heavy atom. The van der Waals surface area contributed by atoms with Gasteiger partial charge in [-0.15, -0.1) is 0 Å². The predicted octanol–water partition coefficient (Wildman–Crippen LogP) is 3.27. The molecule has 1 aromatic carbocycles. The van der Waals surface area contributed by atoms with Crippen molar-refractivity contribution in [2.75, 3.05) is 5.32 Å². The van der Waals surface area contributed by atoms with E-state index in [4.69, 9.17) is 16.7 Å². The van der Waals surface area contributed by atoms with Crippen LogP contribution in [0.3, 0.4) is 0 Å². The minimum atomic E-state index is -1.04. The van der Waals surface area contributed by atoms with E-state index < -0.39 is 18.0 Å². The summed E-state index contributed by atoms with van der Waals surface area (Å²) < 4.78 is 0. The topological polar surface area (TPSA) is 78.4 Å². The first-order valence-corrected chi connectivity index (χ1v) is 6.79. The van der Waals surface area contributed by atoms with E-state index in [0.29, 0.717) is 17.1 Å². The number of carbonyl (C=O) groups excluding carboxylic acids is 1. The van der Waals surface area contributed by atoms with Gasteiger partial charge in [0.2, 0.25) is 0 Å². The molecule has 1 aromatic rings. The number of aryl methyl sites for hydroxylation is 1. The molecule has 2 unspecified atom stereocenters. The van der Waals surface area contributed by atoms with Crippen LogP contribution in [-0.4, -0.2) is 23.1 Å². The third-order valence-electron chi connectivity index (χ3n) is 3.20. The average Bonchev–Trinajstić information content (AvgIpc) is 2.39. The van der Waals surface area contributed by atoms with E-state index in [1.54, 1.807) is 25.1 Å². The monoisotopic (exact) mass is 298 g/mol. The van der Waals surface area contributed by atoms with Crippen LogP contribution >= 0.6 is 11.6 Å². The maximum atomic E-state index is 11.8. The van der Waals surface area contributed by atoms with Crippen LogP contribution in [0.5, 0.6) is 0 Å².